The van der Waals surface area contributed by atoms with Crippen LogP contribution in [0, 0.1) is 0 Å². The SMILES string of the molecule is CCCOc1nc(OC(C)c2ccccc2)ccc1N. The van der Waals surface area contributed by atoms with Gasteiger partial charge in [-0.3, -0.25) is 0 Å². The summed E-state index contributed by atoms with van der Waals surface area (Å²) in [5.41, 5.74) is 7.45. The Morgan fingerprint density at radius 3 is 2.60 bits per heavy atom. The molecule has 0 radical (unpaired) electrons. The third-order valence-electron chi connectivity index (χ3n) is 2.87. The van der Waals surface area contributed by atoms with E-state index in [1.165, 1.54) is 0 Å². The van der Waals surface area contributed by atoms with Crippen molar-refractivity contribution in [1.82, 2.24) is 4.98 Å². The van der Waals surface area contributed by atoms with Gasteiger partial charge in [0.15, 0.2) is 0 Å². The standard InChI is InChI=1S/C16H20N2O2/c1-3-11-19-16-14(17)9-10-15(18-16)20-12(2)13-7-5-4-6-8-13/h4-10,12H,3,11,17H2,1-2H3. The maximum absolute atomic E-state index is 5.83. The Morgan fingerprint density at radius 2 is 1.90 bits per heavy atom. The minimum absolute atomic E-state index is 0.0775. The maximum Gasteiger partial charge on any atom is 0.240 e. The Morgan fingerprint density at radius 1 is 1.15 bits per heavy atom. The number of rotatable bonds is 6. The molecule has 1 aromatic heterocycles. The fraction of sp³-hybridized carbons (Fsp3) is 0.312. The van der Waals surface area contributed by atoms with Gasteiger partial charge in [-0.15, -0.1) is 0 Å². The number of aromatic nitrogens is 1. The van der Waals surface area contributed by atoms with Crippen molar-refractivity contribution in [3.05, 3.63) is 48.0 Å². The van der Waals surface area contributed by atoms with Gasteiger partial charge in [-0.05, 0) is 25.0 Å². The molecule has 20 heavy (non-hydrogen) atoms. The van der Waals surface area contributed by atoms with E-state index in [4.69, 9.17) is 15.2 Å². The van der Waals surface area contributed by atoms with Crippen molar-refractivity contribution in [1.29, 1.82) is 0 Å². The predicted octanol–water partition coefficient (Wildman–Crippen LogP) is 3.59. The van der Waals surface area contributed by atoms with Crippen LogP contribution in [0.4, 0.5) is 5.69 Å². The molecular formula is C16H20N2O2. The summed E-state index contributed by atoms with van der Waals surface area (Å²) >= 11 is 0. The zero-order chi connectivity index (χ0) is 14.4. The fourth-order valence-electron chi connectivity index (χ4n) is 1.79. The van der Waals surface area contributed by atoms with E-state index in [0.717, 1.165) is 12.0 Å². The molecule has 2 N–H and O–H groups in total. The highest BCUT2D eigenvalue weighted by atomic mass is 16.5. The third-order valence-corrected chi connectivity index (χ3v) is 2.87. The van der Waals surface area contributed by atoms with E-state index < -0.39 is 0 Å². The van der Waals surface area contributed by atoms with Crippen LogP contribution < -0.4 is 15.2 Å². The lowest BCUT2D eigenvalue weighted by molar-refractivity contribution is 0.212. The van der Waals surface area contributed by atoms with E-state index >= 15 is 0 Å². The van der Waals surface area contributed by atoms with E-state index in [2.05, 4.69) is 4.98 Å². The number of ether oxygens (including phenoxy) is 2. The van der Waals surface area contributed by atoms with Crippen molar-refractivity contribution in [2.45, 2.75) is 26.4 Å². The molecule has 106 valence electrons. The molecular weight excluding hydrogens is 252 g/mol. The van der Waals surface area contributed by atoms with Crippen LogP contribution in [-0.2, 0) is 0 Å². The van der Waals surface area contributed by atoms with Gasteiger partial charge in [-0.2, -0.15) is 4.98 Å². The highest BCUT2D eigenvalue weighted by Crippen LogP contribution is 2.25. The van der Waals surface area contributed by atoms with Gasteiger partial charge >= 0.3 is 0 Å². The average Bonchev–Trinajstić information content (AvgIpc) is 2.48. The first-order valence-electron chi connectivity index (χ1n) is 6.81. The molecule has 2 aromatic rings. The van der Waals surface area contributed by atoms with Crippen LogP contribution in [-0.4, -0.2) is 11.6 Å². The Labute approximate surface area is 119 Å². The molecule has 0 aliphatic rings. The normalized spacial score (nSPS) is 11.9. The number of nitrogens with two attached hydrogens (primary N) is 1. The van der Waals surface area contributed by atoms with Gasteiger partial charge in [0.25, 0.3) is 0 Å². The number of anilines is 1. The van der Waals surface area contributed by atoms with Crippen molar-refractivity contribution in [3.8, 4) is 11.8 Å². The highest BCUT2D eigenvalue weighted by molar-refractivity contribution is 5.49. The van der Waals surface area contributed by atoms with Crippen molar-refractivity contribution in [2.75, 3.05) is 12.3 Å². The number of nitrogens with zero attached hydrogens (tertiary/aromatic N) is 1. The molecule has 0 saturated carbocycles. The monoisotopic (exact) mass is 272 g/mol. The van der Waals surface area contributed by atoms with Crippen LogP contribution in [0.2, 0.25) is 0 Å². The van der Waals surface area contributed by atoms with E-state index in [9.17, 15) is 0 Å². The summed E-state index contributed by atoms with van der Waals surface area (Å²) in [6, 6.07) is 13.5. The first-order valence-corrected chi connectivity index (χ1v) is 6.81. The van der Waals surface area contributed by atoms with Crippen molar-refractivity contribution < 1.29 is 9.47 Å². The molecule has 0 aliphatic heterocycles. The lowest BCUT2D eigenvalue weighted by atomic mass is 10.1. The Kier molecular flexibility index (Phi) is 4.82. The van der Waals surface area contributed by atoms with Crippen LogP contribution in [0.5, 0.6) is 11.8 Å². The van der Waals surface area contributed by atoms with Crippen LogP contribution in [0.3, 0.4) is 0 Å². The molecule has 1 heterocycles. The van der Waals surface area contributed by atoms with E-state index in [1.807, 2.05) is 44.2 Å². The molecule has 0 amide bonds. The van der Waals surface area contributed by atoms with Crippen molar-refractivity contribution >= 4 is 5.69 Å². The van der Waals surface area contributed by atoms with Crippen molar-refractivity contribution in [3.63, 3.8) is 0 Å². The molecule has 1 atom stereocenters. The Hall–Kier alpha value is -2.23. The summed E-state index contributed by atoms with van der Waals surface area (Å²) < 4.78 is 11.3. The van der Waals surface area contributed by atoms with Crippen LogP contribution in [0.15, 0.2) is 42.5 Å². The molecule has 2 rings (SSSR count). The summed E-state index contributed by atoms with van der Waals surface area (Å²) in [4.78, 5) is 4.31. The molecule has 1 aromatic carbocycles. The number of hydrogen-bond acceptors (Lipinski definition) is 4. The Bertz CT molecular complexity index is 543. The zero-order valence-corrected chi connectivity index (χ0v) is 11.9. The van der Waals surface area contributed by atoms with Crippen LogP contribution in [0.1, 0.15) is 31.9 Å². The maximum atomic E-state index is 5.83. The minimum atomic E-state index is -0.0775. The molecule has 0 bridgehead atoms. The van der Waals surface area contributed by atoms with E-state index in [1.54, 1.807) is 12.1 Å². The van der Waals surface area contributed by atoms with Gasteiger partial charge in [0.05, 0.1) is 12.3 Å². The average molecular weight is 272 g/mol. The second-order valence-electron chi connectivity index (χ2n) is 4.56. The lowest BCUT2D eigenvalue weighted by Crippen LogP contribution is -2.06. The summed E-state index contributed by atoms with van der Waals surface area (Å²) in [6.07, 6.45) is 0.832. The molecule has 0 aliphatic carbocycles. The van der Waals surface area contributed by atoms with Gasteiger partial charge < -0.3 is 15.2 Å². The summed E-state index contributed by atoms with van der Waals surface area (Å²) in [7, 11) is 0. The first kappa shape index (κ1) is 14.2. The molecule has 0 fully saturated rings. The lowest BCUT2D eigenvalue weighted by Gasteiger charge is -2.15. The molecule has 0 spiro atoms. The molecule has 4 heteroatoms. The number of nitrogen functional groups attached to an aromatic ring is 1. The topological polar surface area (TPSA) is 57.4 Å². The number of hydrogen-bond donors (Lipinski definition) is 1. The smallest absolute Gasteiger partial charge is 0.240 e. The molecule has 1 unspecified atom stereocenters. The third kappa shape index (κ3) is 3.63. The molecule has 0 saturated heterocycles. The predicted molar refractivity (Wildman–Crippen MR) is 79.9 cm³/mol. The number of benzene rings is 1. The summed E-state index contributed by atoms with van der Waals surface area (Å²) in [5, 5.41) is 0. The molecule has 4 nitrogen and oxygen atoms in total. The quantitative estimate of drug-likeness (QED) is 0.873. The van der Waals surface area contributed by atoms with Crippen LogP contribution >= 0.6 is 0 Å². The zero-order valence-electron chi connectivity index (χ0n) is 11.9. The van der Waals surface area contributed by atoms with E-state index in [-0.39, 0.29) is 6.10 Å². The number of pyridine rings is 1. The second kappa shape index (κ2) is 6.80. The van der Waals surface area contributed by atoms with E-state index in [0.29, 0.717) is 24.1 Å². The van der Waals surface area contributed by atoms with Gasteiger partial charge in [0.2, 0.25) is 11.8 Å². The largest absolute Gasteiger partial charge is 0.476 e. The van der Waals surface area contributed by atoms with Crippen molar-refractivity contribution in [2.24, 2.45) is 0 Å². The second-order valence-corrected chi connectivity index (χ2v) is 4.56. The van der Waals surface area contributed by atoms with Crippen LogP contribution in [0.25, 0.3) is 0 Å². The fourth-order valence-corrected chi connectivity index (χ4v) is 1.79. The van der Waals surface area contributed by atoms with Gasteiger partial charge in [0, 0.05) is 6.07 Å². The summed E-state index contributed by atoms with van der Waals surface area (Å²) in [6.45, 7) is 4.61. The van der Waals surface area contributed by atoms with Gasteiger partial charge in [-0.1, -0.05) is 37.3 Å². The minimum Gasteiger partial charge on any atom is -0.476 e. The van der Waals surface area contributed by atoms with Gasteiger partial charge in [-0.25, -0.2) is 0 Å². The Balaban J connectivity index is 2.09. The highest BCUT2D eigenvalue weighted by Gasteiger charge is 2.10. The first-order chi connectivity index (χ1) is 9.70. The summed E-state index contributed by atoms with van der Waals surface area (Å²) in [5.74, 6) is 0.950. The van der Waals surface area contributed by atoms with Gasteiger partial charge in [0.1, 0.15) is 6.10 Å².